The highest BCUT2D eigenvalue weighted by Gasteiger charge is 2.18. The minimum Gasteiger partial charge on any atom is -0.351 e. The lowest BCUT2D eigenvalue weighted by atomic mass is 10.1. The third kappa shape index (κ3) is 4.86. The van der Waals surface area contributed by atoms with Crippen molar-refractivity contribution in [1.82, 2.24) is 24.5 Å². The average Bonchev–Trinajstić information content (AvgIpc) is 3.00. The molecule has 2 amide bonds. The van der Waals surface area contributed by atoms with Crippen LogP contribution in [0.5, 0.6) is 0 Å². The molecule has 0 bridgehead atoms. The summed E-state index contributed by atoms with van der Waals surface area (Å²) in [6.45, 7) is 6.06. The third-order valence-electron chi connectivity index (χ3n) is 5.13. The number of imidazole rings is 1. The lowest BCUT2D eigenvalue weighted by molar-refractivity contribution is -0.132. The Bertz CT molecular complexity index is 793. The second-order valence-corrected chi connectivity index (χ2v) is 7.23. The topological polar surface area (TPSA) is 70.0 Å². The van der Waals surface area contributed by atoms with Gasteiger partial charge in [-0.1, -0.05) is 12.5 Å². The van der Waals surface area contributed by atoms with Crippen molar-refractivity contribution in [1.29, 1.82) is 0 Å². The van der Waals surface area contributed by atoms with Crippen molar-refractivity contribution >= 4 is 17.5 Å². The predicted octanol–water partition coefficient (Wildman–Crippen LogP) is 1.71. The second-order valence-electron chi connectivity index (χ2n) is 7.23. The smallest absolute Gasteiger partial charge is 0.270 e. The van der Waals surface area contributed by atoms with Gasteiger partial charge < -0.3 is 15.1 Å². The Kier molecular flexibility index (Phi) is 6.45. The molecule has 0 aromatic carbocycles. The van der Waals surface area contributed by atoms with E-state index in [-0.39, 0.29) is 11.8 Å². The molecule has 1 fully saturated rings. The number of fused-ring (bicyclic) bond motifs is 1. The fraction of sp³-hybridized carbons (Fsp3) is 0.550. The van der Waals surface area contributed by atoms with Crippen LogP contribution in [0, 0.1) is 6.92 Å². The van der Waals surface area contributed by atoms with Gasteiger partial charge in [-0.25, -0.2) is 4.98 Å². The number of pyridine rings is 1. The van der Waals surface area contributed by atoms with Crippen molar-refractivity contribution in [3.63, 3.8) is 0 Å². The first-order valence-corrected chi connectivity index (χ1v) is 9.74. The van der Waals surface area contributed by atoms with Crippen molar-refractivity contribution in [2.24, 2.45) is 0 Å². The Morgan fingerprint density at radius 1 is 1.11 bits per heavy atom. The normalized spacial score (nSPS) is 15.3. The van der Waals surface area contributed by atoms with Gasteiger partial charge in [-0.3, -0.25) is 14.0 Å². The summed E-state index contributed by atoms with van der Waals surface area (Å²) in [5.74, 6) is 0.160. The molecular weight excluding hydrogens is 342 g/mol. The number of rotatable bonds is 7. The summed E-state index contributed by atoms with van der Waals surface area (Å²) in [5.41, 5.74) is 2.11. The zero-order chi connectivity index (χ0) is 19.2. The number of unbranched alkanes of at least 4 members (excludes halogenated alkanes) is 2. The van der Waals surface area contributed by atoms with Crippen molar-refractivity contribution in [3.8, 4) is 0 Å². The summed E-state index contributed by atoms with van der Waals surface area (Å²) in [4.78, 5) is 33.3. The molecule has 3 rings (SSSR count). The molecule has 146 valence electrons. The van der Waals surface area contributed by atoms with Crippen molar-refractivity contribution in [3.05, 3.63) is 35.8 Å². The monoisotopic (exact) mass is 371 g/mol. The third-order valence-corrected chi connectivity index (χ3v) is 5.13. The molecule has 0 radical (unpaired) electrons. The molecule has 1 aliphatic rings. The van der Waals surface area contributed by atoms with Gasteiger partial charge in [-0.15, -0.1) is 0 Å². The second kappa shape index (κ2) is 8.99. The SMILES string of the molecule is Cc1nc2ccccn2c1C(=O)NCCCCCC(=O)N1CCN(C)CC1. The van der Waals surface area contributed by atoms with E-state index in [0.29, 0.717) is 18.7 Å². The van der Waals surface area contributed by atoms with Gasteiger partial charge in [-0.2, -0.15) is 0 Å². The van der Waals surface area contributed by atoms with Gasteiger partial charge in [0, 0.05) is 45.3 Å². The molecule has 2 aromatic rings. The molecule has 27 heavy (non-hydrogen) atoms. The number of piperazine rings is 1. The standard InChI is InChI=1S/C20H29N5O2/c1-16-19(25-11-7-5-8-17(25)22-16)20(27)21-10-6-3-4-9-18(26)24-14-12-23(2)13-15-24/h5,7-8,11H,3-4,6,9-10,12-15H2,1-2H3,(H,21,27). The van der Waals surface area contributed by atoms with Crippen LogP contribution >= 0.6 is 0 Å². The molecule has 7 nitrogen and oxygen atoms in total. The van der Waals surface area contributed by atoms with E-state index in [1.54, 1.807) is 0 Å². The van der Waals surface area contributed by atoms with E-state index in [2.05, 4.69) is 22.2 Å². The average molecular weight is 371 g/mol. The van der Waals surface area contributed by atoms with Crippen molar-refractivity contribution < 1.29 is 9.59 Å². The minimum absolute atomic E-state index is 0.0975. The van der Waals surface area contributed by atoms with Crippen LogP contribution < -0.4 is 5.32 Å². The van der Waals surface area contributed by atoms with E-state index in [1.807, 2.05) is 40.6 Å². The van der Waals surface area contributed by atoms with E-state index in [0.717, 1.165) is 56.8 Å². The highest BCUT2D eigenvalue weighted by atomic mass is 16.2. The summed E-state index contributed by atoms with van der Waals surface area (Å²) >= 11 is 0. The summed E-state index contributed by atoms with van der Waals surface area (Å²) in [7, 11) is 2.09. The van der Waals surface area contributed by atoms with Crippen LogP contribution in [0.2, 0.25) is 0 Å². The molecule has 1 aliphatic heterocycles. The van der Waals surface area contributed by atoms with E-state index in [1.165, 1.54) is 0 Å². The maximum absolute atomic E-state index is 12.5. The number of amides is 2. The Morgan fingerprint density at radius 3 is 2.67 bits per heavy atom. The van der Waals surface area contributed by atoms with Gasteiger partial charge in [0.25, 0.3) is 5.91 Å². The van der Waals surface area contributed by atoms with Crippen LogP contribution in [0.15, 0.2) is 24.4 Å². The van der Waals surface area contributed by atoms with Crippen molar-refractivity contribution in [2.75, 3.05) is 39.8 Å². The van der Waals surface area contributed by atoms with Gasteiger partial charge in [0.1, 0.15) is 11.3 Å². The van der Waals surface area contributed by atoms with Gasteiger partial charge in [0.2, 0.25) is 5.91 Å². The molecular formula is C20H29N5O2. The number of aryl methyl sites for hydroxylation is 1. The number of hydrogen-bond donors (Lipinski definition) is 1. The van der Waals surface area contributed by atoms with Gasteiger partial charge in [0.05, 0.1) is 5.69 Å². The van der Waals surface area contributed by atoms with E-state index in [9.17, 15) is 9.59 Å². The molecule has 0 atom stereocenters. The molecule has 0 saturated carbocycles. The lowest BCUT2D eigenvalue weighted by Gasteiger charge is -2.32. The molecule has 7 heteroatoms. The summed E-state index contributed by atoms with van der Waals surface area (Å²) in [6, 6.07) is 5.69. The summed E-state index contributed by atoms with van der Waals surface area (Å²) in [6.07, 6.45) is 5.14. The van der Waals surface area contributed by atoms with Crippen LogP contribution in [0.3, 0.4) is 0 Å². The highest BCUT2D eigenvalue weighted by Crippen LogP contribution is 2.12. The first-order valence-electron chi connectivity index (χ1n) is 9.74. The van der Waals surface area contributed by atoms with Gasteiger partial charge in [-0.05, 0) is 38.9 Å². The van der Waals surface area contributed by atoms with Crippen LogP contribution in [-0.4, -0.2) is 70.8 Å². The van der Waals surface area contributed by atoms with E-state index in [4.69, 9.17) is 0 Å². The summed E-state index contributed by atoms with van der Waals surface area (Å²) < 4.78 is 1.82. The Hall–Kier alpha value is -2.41. The van der Waals surface area contributed by atoms with Gasteiger partial charge >= 0.3 is 0 Å². The molecule has 0 aliphatic carbocycles. The quantitative estimate of drug-likeness (QED) is 0.752. The largest absolute Gasteiger partial charge is 0.351 e. The molecule has 2 aromatic heterocycles. The van der Waals surface area contributed by atoms with Crippen LogP contribution in [0.1, 0.15) is 41.9 Å². The number of carbonyl (C=O) groups is 2. The number of hydrogen-bond acceptors (Lipinski definition) is 4. The highest BCUT2D eigenvalue weighted by molar-refractivity contribution is 5.94. The van der Waals surface area contributed by atoms with Crippen LogP contribution in [-0.2, 0) is 4.79 Å². The number of nitrogens with one attached hydrogen (secondary N) is 1. The molecule has 0 unspecified atom stereocenters. The van der Waals surface area contributed by atoms with Crippen molar-refractivity contribution in [2.45, 2.75) is 32.6 Å². The zero-order valence-corrected chi connectivity index (χ0v) is 16.3. The number of aromatic nitrogens is 2. The maximum Gasteiger partial charge on any atom is 0.270 e. The number of carbonyl (C=O) groups excluding carboxylic acids is 2. The molecule has 1 N–H and O–H groups in total. The van der Waals surface area contributed by atoms with Gasteiger partial charge in [0.15, 0.2) is 0 Å². The first-order chi connectivity index (χ1) is 13.1. The Balaban J connectivity index is 1.36. The fourth-order valence-corrected chi connectivity index (χ4v) is 3.46. The Morgan fingerprint density at radius 2 is 1.89 bits per heavy atom. The maximum atomic E-state index is 12.5. The Labute approximate surface area is 160 Å². The predicted molar refractivity (Wildman–Crippen MR) is 105 cm³/mol. The molecule has 1 saturated heterocycles. The number of nitrogens with zero attached hydrogens (tertiary/aromatic N) is 4. The summed E-state index contributed by atoms with van der Waals surface area (Å²) in [5, 5.41) is 2.97. The molecule has 0 spiro atoms. The number of likely N-dealkylation sites (N-methyl/N-ethyl adjacent to an activating group) is 1. The molecule has 3 heterocycles. The minimum atomic E-state index is -0.0975. The first kappa shape index (κ1) is 19.4. The van der Waals surface area contributed by atoms with E-state index < -0.39 is 0 Å². The zero-order valence-electron chi connectivity index (χ0n) is 16.3. The van der Waals surface area contributed by atoms with Crippen LogP contribution in [0.25, 0.3) is 5.65 Å². The fourth-order valence-electron chi connectivity index (χ4n) is 3.46. The van der Waals surface area contributed by atoms with Crippen LogP contribution in [0.4, 0.5) is 0 Å². The lowest BCUT2D eigenvalue weighted by Crippen LogP contribution is -2.47. The van der Waals surface area contributed by atoms with E-state index >= 15 is 0 Å².